The molecular formula is C16H23ClN2O3S. The third-order valence-corrected chi connectivity index (χ3v) is 6.44. The van der Waals surface area contributed by atoms with Gasteiger partial charge in [0.1, 0.15) is 6.04 Å². The molecule has 1 aromatic carbocycles. The van der Waals surface area contributed by atoms with Crippen LogP contribution < -0.4 is 5.32 Å². The monoisotopic (exact) mass is 358 g/mol. The lowest BCUT2D eigenvalue weighted by molar-refractivity contribution is -0.133. The van der Waals surface area contributed by atoms with Gasteiger partial charge in [-0.15, -0.1) is 0 Å². The molecule has 1 saturated heterocycles. The summed E-state index contributed by atoms with van der Waals surface area (Å²) in [5.41, 5.74) is 1.70. The van der Waals surface area contributed by atoms with Gasteiger partial charge >= 0.3 is 0 Å². The second-order valence-electron chi connectivity index (χ2n) is 5.96. The fourth-order valence-corrected chi connectivity index (χ4v) is 4.83. The Morgan fingerprint density at radius 3 is 2.74 bits per heavy atom. The number of anilines is 1. The van der Waals surface area contributed by atoms with Crippen molar-refractivity contribution in [3.8, 4) is 0 Å². The van der Waals surface area contributed by atoms with Crippen LogP contribution in [0.5, 0.6) is 0 Å². The van der Waals surface area contributed by atoms with Crippen molar-refractivity contribution in [3.63, 3.8) is 0 Å². The molecule has 23 heavy (non-hydrogen) atoms. The molecule has 0 saturated carbocycles. The Morgan fingerprint density at radius 1 is 1.48 bits per heavy atom. The maximum atomic E-state index is 12.7. The van der Waals surface area contributed by atoms with E-state index in [1.807, 2.05) is 26.0 Å². The van der Waals surface area contributed by atoms with Crippen LogP contribution in [0.1, 0.15) is 25.8 Å². The van der Waals surface area contributed by atoms with Gasteiger partial charge in [-0.1, -0.05) is 17.7 Å². The third kappa shape index (κ3) is 4.18. The van der Waals surface area contributed by atoms with E-state index in [2.05, 4.69) is 5.32 Å². The second kappa shape index (κ2) is 7.09. The van der Waals surface area contributed by atoms with Gasteiger partial charge in [0.25, 0.3) is 0 Å². The topological polar surface area (TPSA) is 66.5 Å². The molecule has 1 aliphatic heterocycles. The van der Waals surface area contributed by atoms with Crippen LogP contribution in [0, 0.1) is 6.92 Å². The average molecular weight is 359 g/mol. The molecule has 1 aliphatic rings. The van der Waals surface area contributed by atoms with Crippen molar-refractivity contribution >= 4 is 33.0 Å². The van der Waals surface area contributed by atoms with Crippen LogP contribution in [-0.4, -0.2) is 49.4 Å². The highest BCUT2D eigenvalue weighted by molar-refractivity contribution is 7.91. The number of likely N-dealkylation sites (N-methyl/N-ethyl adjacent to an activating group) is 1. The summed E-state index contributed by atoms with van der Waals surface area (Å²) < 4.78 is 23.3. The molecule has 1 N–H and O–H groups in total. The van der Waals surface area contributed by atoms with E-state index in [0.717, 1.165) is 11.3 Å². The number of rotatable bonds is 5. The van der Waals surface area contributed by atoms with Crippen molar-refractivity contribution in [1.29, 1.82) is 0 Å². The first-order valence-corrected chi connectivity index (χ1v) is 9.97. The van der Waals surface area contributed by atoms with Crippen molar-refractivity contribution in [2.45, 2.75) is 39.3 Å². The Morgan fingerprint density at radius 2 is 2.17 bits per heavy atom. The molecule has 0 bridgehead atoms. The summed E-state index contributed by atoms with van der Waals surface area (Å²) >= 11 is 6.10. The minimum atomic E-state index is -3.01. The smallest absolute Gasteiger partial charge is 0.245 e. The molecule has 128 valence electrons. The number of carbonyl (C=O) groups excluding carboxylic acids is 1. The number of sulfone groups is 1. The normalized spacial score (nSPS) is 21.0. The zero-order chi connectivity index (χ0) is 17.2. The molecule has 0 aliphatic carbocycles. The SMILES string of the molecule is CCN(C(=O)[C@H](C)Nc1cccc(Cl)c1C)[C@@H]1CCS(=O)(=O)C1. The Hall–Kier alpha value is -1.27. The lowest BCUT2D eigenvalue weighted by Crippen LogP contribution is -2.47. The Kier molecular flexibility index (Phi) is 5.57. The van der Waals surface area contributed by atoms with Crippen LogP contribution >= 0.6 is 11.6 Å². The summed E-state index contributed by atoms with van der Waals surface area (Å²) in [6.07, 6.45) is 0.519. The van der Waals surface area contributed by atoms with E-state index in [4.69, 9.17) is 11.6 Å². The Balaban J connectivity index is 2.10. The molecule has 1 aromatic rings. The van der Waals surface area contributed by atoms with Gasteiger partial charge in [0.2, 0.25) is 5.91 Å². The van der Waals surface area contributed by atoms with E-state index in [1.54, 1.807) is 17.9 Å². The molecule has 1 fully saturated rings. The van der Waals surface area contributed by atoms with Gasteiger partial charge in [-0.2, -0.15) is 0 Å². The molecule has 2 atom stereocenters. The Labute approximate surface area is 142 Å². The zero-order valence-corrected chi connectivity index (χ0v) is 15.2. The van der Waals surface area contributed by atoms with E-state index >= 15 is 0 Å². The average Bonchev–Trinajstić information content (AvgIpc) is 2.84. The van der Waals surface area contributed by atoms with E-state index < -0.39 is 15.9 Å². The predicted octanol–water partition coefficient (Wildman–Crippen LogP) is 2.48. The van der Waals surface area contributed by atoms with Gasteiger partial charge in [0.05, 0.1) is 11.5 Å². The molecule has 0 radical (unpaired) electrons. The van der Waals surface area contributed by atoms with E-state index in [1.165, 1.54) is 0 Å². The minimum Gasteiger partial charge on any atom is -0.374 e. The summed E-state index contributed by atoms with van der Waals surface area (Å²) in [7, 11) is -3.01. The van der Waals surface area contributed by atoms with Gasteiger partial charge in [-0.05, 0) is 44.9 Å². The molecule has 2 rings (SSSR count). The van der Waals surface area contributed by atoms with Crippen molar-refractivity contribution in [2.24, 2.45) is 0 Å². The zero-order valence-electron chi connectivity index (χ0n) is 13.7. The molecule has 1 amide bonds. The summed E-state index contributed by atoms with van der Waals surface area (Å²) in [5.74, 6) is 0.139. The molecule has 0 aromatic heterocycles. The second-order valence-corrected chi connectivity index (χ2v) is 8.60. The summed E-state index contributed by atoms with van der Waals surface area (Å²) in [5, 5.41) is 3.83. The van der Waals surface area contributed by atoms with Gasteiger partial charge in [-0.3, -0.25) is 4.79 Å². The van der Waals surface area contributed by atoms with Crippen LogP contribution in [0.25, 0.3) is 0 Å². The van der Waals surface area contributed by atoms with Gasteiger partial charge in [-0.25, -0.2) is 8.42 Å². The fourth-order valence-electron chi connectivity index (χ4n) is 2.92. The maximum absolute atomic E-state index is 12.7. The van der Waals surface area contributed by atoms with Gasteiger partial charge in [0.15, 0.2) is 9.84 Å². The first-order chi connectivity index (χ1) is 10.7. The molecule has 0 unspecified atom stereocenters. The molecule has 5 nitrogen and oxygen atoms in total. The minimum absolute atomic E-state index is 0.0650. The van der Waals surface area contributed by atoms with E-state index in [9.17, 15) is 13.2 Å². The number of amides is 1. The molecular weight excluding hydrogens is 336 g/mol. The van der Waals surface area contributed by atoms with Crippen LogP contribution in [0.2, 0.25) is 5.02 Å². The number of benzene rings is 1. The van der Waals surface area contributed by atoms with Gasteiger partial charge < -0.3 is 10.2 Å². The van der Waals surface area contributed by atoms with Crippen LogP contribution in [0.15, 0.2) is 18.2 Å². The predicted molar refractivity (Wildman–Crippen MR) is 93.7 cm³/mol. The van der Waals surface area contributed by atoms with E-state index in [-0.39, 0.29) is 23.5 Å². The van der Waals surface area contributed by atoms with Gasteiger partial charge in [0, 0.05) is 23.3 Å². The number of nitrogens with one attached hydrogen (secondary N) is 1. The maximum Gasteiger partial charge on any atom is 0.245 e. The first-order valence-electron chi connectivity index (χ1n) is 7.77. The highest BCUT2D eigenvalue weighted by Crippen LogP contribution is 2.24. The number of hydrogen-bond donors (Lipinski definition) is 1. The largest absolute Gasteiger partial charge is 0.374 e. The number of hydrogen-bond acceptors (Lipinski definition) is 4. The summed E-state index contributed by atoms with van der Waals surface area (Å²) in [6.45, 7) is 6.05. The Bertz CT molecular complexity index is 691. The molecule has 0 spiro atoms. The van der Waals surface area contributed by atoms with Crippen molar-refractivity contribution in [3.05, 3.63) is 28.8 Å². The lowest BCUT2D eigenvalue weighted by atomic mass is 10.1. The number of nitrogens with zero attached hydrogens (tertiary/aromatic N) is 1. The van der Waals surface area contributed by atoms with Crippen LogP contribution in [0.3, 0.4) is 0 Å². The van der Waals surface area contributed by atoms with Crippen molar-refractivity contribution in [2.75, 3.05) is 23.4 Å². The number of carbonyl (C=O) groups is 1. The summed E-state index contributed by atoms with van der Waals surface area (Å²) in [6, 6.07) is 4.84. The van der Waals surface area contributed by atoms with Crippen molar-refractivity contribution < 1.29 is 13.2 Å². The fraction of sp³-hybridized carbons (Fsp3) is 0.562. The standard InChI is InChI=1S/C16H23ClN2O3S/c1-4-19(13-8-9-23(21,22)10-13)16(20)12(3)18-15-7-5-6-14(17)11(15)2/h5-7,12-13,18H,4,8-10H2,1-3H3/t12-,13+/m0/s1. The summed E-state index contributed by atoms with van der Waals surface area (Å²) in [4.78, 5) is 14.4. The number of halogens is 1. The van der Waals surface area contributed by atoms with E-state index in [0.29, 0.717) is 18.0 Å². The first kappa shape index (κ1) is 18.1. The quantitative estimate of drug-likeness (QED) is 0.878. The van der Waals surface area contributed by atoms with Crippen LogP contribution in [-0.2, 0) is 14.6 Å². The van der Waals surface area contributed by atoms with Crippen LogP contribution in [0.4, 0.5) is 5.69 Å². The molecule has 7 heteroatoms. The highest BCUT2D eigenvalue weighted by atomic mass is 35.5. The van der Waals surface area contributed by atoms with Crippen molar-refractivity contribution in [1.82, 2.24) is 4.90 Å². The molecule has 1 heterocycles. The highest BCUT2D eigenvalue weighted by Gasteiger charge is 2.35. The third-order valence-electron chi connectivity index (χ3n) is 4.28. The lowest BCUT2D eigenvalue weighted by Gasteiger charge is -2.30.